The van der Waals surface area contributed by atoms with Crippen molar-refractivity contribution in [3.05, 3.63) is 29.3 Å². The monoisotopic (exact) mass is 256 g/mol. The molecule has 0 spiro atoms. The van der Waals surface area contributed by atoms with E-state index in [1.54, 1.807) is 0 Å². The van der Waals surface area contributed by atoms with E-state index in [-0.39, 0.29) is 11.7 Å². The topological polar surface area (TPSA) is 35.5 Å². The third-order valence-corrected chi connectivity index (χ3v) is 3.14. The smallest absolute Gasteiger partial charge is 0.197 e. The molecule has 0 amide bonds. The van der Waals surface area contributed by atoms with E-state index < -0.39 is 29.1 Å². The zero-order valence-electron chi connectivity index (χ0n) is 10.2. The van der Waals surface area contributed by atoms with Crippen LogP contribution in [0.4, 0.5) is 8.78 Å². The molecule has 0 N–H and O–H groups in total. The highest BCUT2D eigenvalue weighted by atomic mass is 19.1. The van der Waals surface area contributed by atoms with Crippen molar-refractivity contribution < 1.29 is 23.0 Å². The lowest BCUT2D eigenvalue weighted by Crippen LogP contribution is -2.27. The molecule has 1 aromatic carbocycles. The van der Waals surface area contributed by atoms with Crippen LogP contribution in [0.3, 0.4) is 0 Å². The second-order valence-electron chi connectivity index (χ2n) is 4.39. The summed E-state index contributed by atoms with van der Waals surface area (Å²) < 4.78 is 37.4. The Bertz CT molecular complexity index is 450. The normalized spacial score (nSPS) is 23.1. The van der Waals surface area contributed by atoms with Crippen LogP contribution in [-0.4, -0.2) is 25.6 Å². The average Bonchev–Trinajstić information content (AvgIpc) is 2.74. The minimum atomic E-state index is -0.917. The lowest BCUT2D eigenvalue weighted by atomic mass is 9.95. The summed E-state index contributed by atoms with van der Waals surface area (Å²) in [6.07, 6.45) is -0.0436. The van der Waals surface area contributed by atoms with E-state index in [1.807, 2.05) is 6.92 Å². The summed E-state index contributed by atoms with van der Waals surface area (Å²) in [5, 5.41) is 0. The SMILES string of the molecule is COc1cc(F)c(C(=O)C2OCCC2C)c(F)c1. The van der Waals surface area contributed by atoms with Gasteiger partial charge >= 0.3 is 0 Å². The molecule has 2 rings (SSSR count). The van der Waals surface area contributed by atoms with E-state index in [2.05, 4.69) is 0 Å². The number of Topliss-reactive ketones (excluding diaryl/α,β-unsaturated/α-hetero) is 1. The second kappa shape index (κ2) is 5.02. The van der Waals surface area contributed by atoms with Crippen molar-refractivity contribution >= 4 is 5.78 Å². The van der Waals surface area contributed by atoms with E-state index in [4.69, 9.17) is 9.47 Å². The van der Waals surface area contributed by atoms with Gasteiger partial charge in [-0.1, -0.05) is 6.92 Å². The summed E-state index contributed by atoms with van der Waals surface area (Å²) in [5.74, 6) is -2.46. The largest absolute Gasteiger partial charge is 0.497 e. The molecule has 5 heteroatoms. The van der Waals surface area contributed by atoms with E-state index in [0.717, 1.165) is 18.6 Å². The fourth-order valence-electron chi connectivity index (χ4n) is 2.08. The van der Waals surface area contributed by atoms with Crippen LogP contribution in [0.15, 0.2) is 12.1 Å². The van der Waals surface area contributed by atoms with E-state index in [0.29, 0.717) is 6.61 Å². The molecular weight excluding hydrogens is 242 g/mol. The van der Waals surface area contributed by atoms with Crippen LogP contribution in [-0.2, 0) is 4.74 Å². The molecule has 2 atom stereocenters. The fourth-order valence-corrected chi connectivity index (χ4v) is 2.08. The van der Waals surface area contributed by atoms with Gasteiger partial charge in [-0.2, -0.15) is 0 Å². The predicted molar refractivity (Wildman–Crippen MR) is 60.8 cm³/mol. The fraction of sp³-hybridized carbons (Fsp3) is 0.462. The van der Waals surface area contributed by atoms with Crippen molar-refractivity contribution in [3.8, 4) is 5.75 Å². The van der Waals surface area contributed by atoms with Gasteiger partial charge in [-0.15, -0.1) is 0 Å². The minimum Gasteiger partial charge on any atom is -0.497 e. The van der Waals surface area contributed by atoms with Crippen LogP contribution in [0.1, 0.15) is 23.7 Å². The highest BCUT2D eigenvalue weighted by Gasteiger charge is 2.34. The summed E-state index contributed by atoms with van der Waals surface area (Å²) in [7, 11) is 1.30. The Kier molecular flexibility index (Phi) is 3.61. The van der Waals surface area contributed by atoms with Crippen LogP contribution in [0.5, 0.6) is 5.75 Å². The van der Waals surface area contributed by atoms with Crippen molar-refractivity contribution in [1.82, 2.24) is 0 Å². The number of ketones is 1. The number of halogens is 2. The third kappa shape index (κ3) is 2.22. The Morgan fingerprint density at radius 3 is 2.44 bits per heavy atom. The Balaban J connectivity index is 2.36. The van der Waals surface area contributed by atoms with Crippen LogP contribution < -0.4 is 4.74 Å². The Labute approximate surface area is 104 Å². The van der Waals surface area contributed by atoms with Gasteiger partial charge in [0.2, 0.25) is 0 Å². The van der Waals surface area contributed by atoms with Gasteiger partial charge in [0.05, 0.1) is 12.7 Å². The van der Waals surface area contributed by atoms with Crippen LogP contribution in [0.25, 0.3) is 0 Å². The highest BCUT2D eigenvalue weighted by Crippen LogP contribution is 2.27. The maximum Gasteiger partial charge on any atom is 0.197 e. The van der Waals surface area contributed by atoms with Crippen molar-refractivity contribution in [2.45, 2.75) is 19.4 Å². The first kappa shape index (κ1) is 13.0. The van der Waals surface area contributed by atoms with Gasteiger partial charge in [0, 0.05) is 18.7 Å². The molecule has 1 aliphatic rings. The van der Waals surface area contributed by atoms with Gasteiger partial charge in [-0.05, 0) is 12.3 Å². The summed E-state index contributed by atoms with van der Waals surface area (Å²) in [4.78, 5) is 12.1. The number of benzene rings is 1. The summed E-state index contributed by atoms with van der Waals surface area (Å²) in [5.41, 5.74) is -0.547. The first-order chi connectivity index (χ1) is 8.54. The van der Waals surface area contributed by atoms with Gasteiger partial charge < -0.3 is 9.47 Å². The first-order valence-electron chi connectivity index (χ1n) is 5.73. The molecule has 0 radical (unpaired) electrons. The highest BCUT2D eigenvalue weighted by molar-refractivity contribution is 6.00. The Morgan fingerprint density at radius 2 is 2.00 bits per heavy atom. The van der Waals surface area contributed by atoms with Crippen molar-refractivity contribution in [2.24, 2.45) is 5.92 Å². The summed E-state index contributed by atoms with van der Waals surface area (Å²) >= 11 is 0. The van der Waals surface area contributed by atoms with Crippen molar-refractivity contribution in [1.29, 1.82) is 0 Å². The van der Waals surface area contributed by atoms with Crippen molar-refractivity contribution in [2.75, 3.05) is 13.7 Å². The molecule has 1 fully saturated rings. The molecular formula is C13H14F2O3. The quantitative estimate of drug-likeness (QED) is 0.780. The zero-order valence-corrected chi connectivity index (χ0v) is 10.2. The molecule has 1 heterocycles. The number of hydrogen-bond acceptors (Lipinski definition) is 3. The van der Waals surface area contributed by atoms with Gasteiger partial charge in [-0.3, -0.25) is 4.79 Å². The molecule has 98 valence electrons. The van der Waals surface area contributed by atoms with Crippen LogP contribution in [0, 0.1) is 17.6 Å². The Morgan fingerprint density at radius 1 is 1.39 bits per heavy atom. The van der Waals surface area contributed by atoms with Gasteiger partial charge in [0.25, 0.3) is 0 Å². The van der Waals surface area contributed by atoms with E-state index in [1.165, 1.54) is 7.11 Å². The zero-order chi connectivity index (χ0) is 13.3. The summed E-state index contributed by atoms with van der Waals surface area (Å²) in [6, 6.07) is 1.99. The maximum absolute atomic E-state index is 13.7. The lowest BCUT2D eigenvalue weighted by Gasteiger charge is -2.14. The average molecular weight is 256 g/mol. The molecule has 0 saturated carbocycles. The number of carbonyl (C=O) groups is 1. The Hall–Kier alpha value is -1.49. The first-order valence-corrected chi connectivity index (χ1v) is 5.73. The molecule has 18 heavy (non-hydrogen) atoms. The molecule has 1 aromatic rings. The number of hydrogen-bond donors (Lipinski definition) is 0. The number of rotatable bonds is 3. The van der Waals surface area contributed by atoms with Crippen molar-refractivity contribution in [3.63, 3.8) is 0 Å². The van der Waals surface area contributed by atoms with Gasteiger partial charge in [-0.25, -0.2) is 8.78 Å². The number of methoxy groups -OCH3 is 1. The molecule has 1 aliphatic heterocycles. The lowest BCUT2D eigenvalue weighted by molar-refractivity contribution is 0.0571. The van der Waals surface area contributed by atoms with E-state index in [9.17, 15) is 13.6 Å². The third-order valence-electron chi connectivity index (χ3n) is 3.14. The summed E-state index contributed by atoms with van der Waals surface area (Å²) in [6.45, 7) is 2.27. The second-order valence-corrected chi connectivity index (χ2v) is 4.39. The number of carbonyl (C=O) groups excluding carboxylic acids is 1. The number of ether oxygens (including phenoxy) is 2. The minimum absolute atomic E-state index is 0.0293. The predicted octanol–water partition coefficient (Wildman–Crippen LogP) is 2.58. The van der Waals surface area contributed by atoms with Crippen LogP contribution >= 0.6 is 0 Å². The van der Waals surface area contributed by atoms with E-state index >= 15 is 0 Å². The van der Waals surface area contributed by atoms with Gasteiger partial charge in [0.1, 0.15) is 23.5 Å². The van der Waals surface area contributed by atoms with Gasteiger partial charge in [0.15, 0.2) is 5.78 Å². The molecule has 1 saturated heterocycles. The standard InChI is InChI=1S/C13H14F2O3/c1-7-3-4-18-13(7)12(16)11-9(14)5-8(17-2)6-10(11)15/h5-7,13H,3-4H2,1-2H3. The molecule has 0 bridgehead atoms. The maximum atomic E-state index is 13.7. The molecule has 2 unspecified atom stereocenters. The van der Waals surface area contributed by atoms with Crippen LogP contribution in [0.2, 0.25) is 0 Å². The molecule has 0 aliphatic carbocycles. The molecule has 0 aromatic heterocycles. The molecule has 3 nitrogen and oxygen atoms in total.